The van der Waals surface area contributed by atoms with E-state index in [1.54, 1.807) is 22.9 Å². The normalized spacial score (nSPS) is 10.6. The van der Waals surface area contributed by atoms with E-state index < -0.39 is 11.9 Å². The number of amides is 1. The topological polar surface area (TPSA) is 73.2 Å². The molecular weight excluding hydrogens is 414 g/mol. The van der Waals surface area contributed by atoms with Crippen molar-refractivity contribution in [3.8, 4) is 5.69 Å². The molecule has 33 heavy (non-hydrogen) atoms. The van der Waals surface area contributed by atoms with Gasteiger partial charge in [0.05, 0.1) is 16.9 Å². The molecule has 0 fully saturated rings. The number of anilines is 1. The maximum absolute atomic E-state index is 12.7. The molecule has 4 rings (SSSR count). The second-order valence-electron chi connectivity index (χ2n) is 7.69. The van der Waals surface area contributed by atoms with Gasteiger partial charge in [0, 0.05) is 6.07 Å². The zero-order valence-corrected chi connectivity index (χ0v) is 18.4. The second-order valence-corrected chi connectivity index (χ2v) is 7.69. The largest absolute Gasteiger partial charge is 0.452 e. The first-order valence-corrected chi connectivity index (χ1v) is 10.8. The van der Waals surface area contributed by atoms with Crippen LogP contribution in [0.1, 0.15) is 27.2 Å². The molecule has 1 aromatic heterocycles. The van der Waals surface area contributed by atoms with Crippen LogP contribution < -0.4 is 5.32 Å². The fourth-order valence-electron chi connectivity index (χ4n) is 3.60. The summed E-state index contributed by atoms with van der Waals surface area (Å²) in [6.07, 6.45) is 1.52. The minimum Gasteiger partial charge on any atom is -0.452 e. The Bertz CT molecular complexity index is 1230. The van der Waals surface area contributed by atoms with E-state index in [0.29, 0.717) is 17.8 Å². The number of ether oxygens (including phenoxy) is 1. The number of nitrogens with zero attached hydrogens (tertiary/aromatic N) is 2. The van der Waals surface area contributed by atoms with Gasteiger partial charge in [-0.2, -0.15) is 5.10 Å². The van der Waals surface area contributed by atoms with E-state index in [9.17, 15) is 9.59 Å². The van der Waals surface area contributed by atoms with E-state index in [0.717, 1.165) is 23.4 Å². The molecule has 1 amide bonds. The number of hydrogen-bond donors (Lipinski definition) is 1. The highest BCUT2D eigenvalue weighted by Crippen LogP contribution is 2.17. The number of hydrogen-bond acceptors (Lipinski definition) is 4. The third-order valence-corrected chi connectivity index (χ3v) is 5.20. The lowest BCUT2D eigenvalue weighted by molar-refractivity contribution is -0.119. The van der Waals surface area contributed by atoms with Crippen LogP contribution >= 0.6 is 0 Å². The zero-order valence-electron chi connectivity index (χ0n) is 18.4. The number of benzene rings is 3. The Morgan fingerprint density at radius 2 is 1.55 bits per heavy atom. The van der Waals surface area contributed by atoms with Crippen molar-refractivity contribution < 1.29 is 14.3 Å². The van der Waals surface area contributed by atoms with Gasteiger partial charge in [-0.1, -0.05) is 66.7 Å². The highest BCUT2D eigenvalue weighted by Gasteiger charge is 2.16. The van der Waals surface area contributed by atoms with Crippen molar-refractivity contribution in [2.45, 2.75) is 19.8 Å². The highest BCUT2D eigenvalue weighted by molar-refractivity contribution is 5.96. The Morgan fingerprint density at radius 3 is 2.30 bits per heavy atom. The van der Waals surface area contributed by atoms with Crippen LogP contribution in [0.5, 0.6) is 0 Å². The third-order valence-electron chi connectivity index (χ3n) is 5.20. The first kappa shape index (κ1) is 22.0. The number of aromatic nitrogens is 2. The monoisotopic (exact) mass is 439 g/mol. The second kappa shape index (κ2) is 10.4. The summed E-state index contributed by atoms with van der Waals surface area (Å²) in [4.78, 5) is 25.2. The van der Waals surface area contributed by atoms with Gasteiger partial charge in [-0.05, 0) is 49.1 Å². The molecule has 1 heterocycles. The highest BCUT2D eigenvalue weighted by atomic mass is 16.5. The van der Waals surface area contributed by atoms with Crippen LogP contribution in [0.3, 0.4) is 0 Å². The van der Waals surface area contributed by atoms with Crippen molar-refractivity contribution in [2.75, 3.05) is 11.9 Å². The number of carbonyl (C=O) groups excluding carboxylic acids is 2. The number of aryl methyl sites for hydroxylation is 3. The summed E-state index contributed by atoms with van der Waals surface area (Å²) in [6, 6.07) is 28.7. The van der Waals surface area contributed by atoms with Gasteiger partial charge >= 0.3 is 5.97 Å². The molecule has 0 aliphatic rings. The summed E-state index contributed by atoms with van der Waals surface area (Å²) in [5, 5.41) is 7.21. The molecule has 6 nitrogen and oxygen atoms in total. The van der Waals surface area contributed by atoms with Gasteiger partial charge in [0.2, 0.25) is 0 Å². The van der Waals surface area contributed by atoms with Gasteiger partial charge in [-0.25, -0.2) is 9.48 Å². The average Bonchev–Trinajstić information content (AvgIpc) is 3.22. The molecule has 0 spiro atoms. The predicted octanol–water partition coefficient (Wildman–Crippen LogP) is 4.76. The first-order valence-electron chi connectivity index (χ1n) is 10.8. The lowest BCUT2D eigenvalue weighted by Gasteiger charge is -2.11. The molecular formula is C27H25N3O3. The molecule has 0 aliphatic heterocycles. The number of rotatable bonds is 8. The summed E-state index contributed by atoms with van der Waals surface area (Å²) in [5.41, 5.74) is 4.16. The summed E-state index contributed by atoms with van der Waals surface area (Å²) >= 11 is 0. The van der Waals surface area contributed by atoms with E-state index in [4.69, 9.17) is 4.74 Å². The van der Waals surface area contributed by atoms with Crippen LogP contribution in [0.25, 0.3) is 5.69 Å². The van der Waals surface area contributed by atoms with E-state index in [1.807, 2.05) is 67.6 Å². The lowest BCUT2D eigenvalue weighted by Crippen LogP contribution is -2.22. The Hall–Kier alpha value is -4.19. The zero-order chi connectivity index (χ0) is 23.0. The van der Waals surface area contributed by atoms with E-state index >= 15 is 0 Å². The van der Waals surface area contributed by atoms with Crippen LogP contribution in [0.4, 0.5) is 5.82 Å². The summed E-state index contributed by atoms with van der Waals surface area (Å²) in [5.74, 6) is -0.424. The first-order chi connectivity index (χ1) is 16.1. The van der Waals surface area contributed by atoms with Crippen LogP contribution in [-0.4, -0.2) is 28.3 Å². The fraction of sp³-hybridized carbons (Fsp3) is 0.148. The fourth-order valence-corrected chi connectivity index (χ4v) is 3.60. The van der Waals surface area contributed by atoms with E-state index in [2.05, 4.69) is 22.5 Å². The van der Waals surface area contributed by atoms with Crippen molar-refractivity contribution in [3.63, 3.8) is 0 Å². The molecule has 0 aliphatic carbocycles. The number of esters is 1. The van der Waals surface area contributed by atoms with Crippen molar-refractivity contribution >= 4 is 17.7 Å². The van der Waals surface area contributed by atoms with Gasteiger partial charge in [0.15, 0.2) is 6.61 Å². The van der Waals surface area contributed by atoms with Gasteiger partial charge in [-0.15, -0.1) is 0 Å². The maximum atomic E-state index is 12.7. The quantitative estimate of drug-likeness (QED) is 0.402. The van der Waals surface area contributed by atoms with Gasteiger partial charge in [0.1, 0.15) is 5.82 Å². The molecule has 0 saturated carbocycles. The van der Waals surface area contributed by atoms with Crippen LogP contribution in [0.15, 0.2) is 91.0 Å². The minimum atomic E-state index is -0.512. The smallest absolute Gasteiger partial charge is 0.338 e. The number of para-hydroxylation sites is 1. The molecule has 0 saturated heterocycles. The molecule has 1 N–H and O–H groups in total. The van der Waals surface area contributed by atoms with Gasteiger partial charge < -0.3 is 10.1 Å². The molecule has 6 heteroatoms. The van der Waals surface area contributed by atoms with Crippen molar-refractivity contribution in [2.24, 2.45) is 0 Å². The van der Waals surface area contributed by atoms with Crippen LogP contribution in [-0.2, 0) is 22.4 Å². The van der Waals surface area contributed by atoms with Gasteiger partial charge in [-0.3, -0.25) is 4.79 Å². The number of carbonyl (C=O) groups is 2. The predicted molar refractivity (Wildman–Crippen MR) is 128 cm³/mol. The molecule has 0 unspecified atom stereocenters. The Labute approximate surface area is 192 Å². The van der Waals surface area contributed by atoms with E-state index in [1.165, 1.54) is 5.56 Å². The summed E-state index contributed by atoms with van der Waals surface area (Å²) < 4.78 is 6.97. The minimum absolute atomic E-state index is 0.384. The van der Waals surface area contributed by atoms with Crippen molar-refractivity contribution in [1.29, 1.82) is 0 Å². The van der Waals surface area contributed by atoms with Gasteiger partial charge in [0.25, 0.3) is 5.91 Å². The molecule has 166 valence electrons. The van der Waals surface area contributed by atoms with Crippen LogP contribution in [0, 0.1) is 6.92 Å². The lowest BCUT2D eigenvalue weighted by atomic mass is 10.00. The van der Waals surface area contributed by atoms with Crippen molar-refractivity contribution in [3.05, 3.63) is 113 Å². The van der Waals surface area contributed by atoms with Crippen molar-refractivity contribution in [1.82, 2.24) is 9.78 Å². The summed E-state index contributed by atoms with van der Waals surface area (Å²) in [7, 11) is 0. The number of nitrogens with one attached hydrogen (secondary N) is 1. The molecule has 0 radical (unpaired) electrons. The maximum Gasteiger partial charge on any atom is 0.338 e. The summed E-state index contributed by atoms with van der Waals surface area (Å²) in [6.45, 7) is 1.46. The molecule has 3 aromatic carbocycles. The van der Waals surface area contributed by atoms with E-state index in [-0.39, 0.29) is 6.61 Å². The SMILES string of the molecule is Cc1cc(NC(=O)COC(=O)c2ccccc2CCc2ccccc2)n(-c2ccccc2)n1. The third kappa shape index (κ3) is 5.74. The molecule has 0 atom stereocenters. The Kier molecular flexibility index (Phi) is 6.95. The molecule has 4 aromatic rings. The molecule has 0 bridgehead atoms. The Morgan fingerprint density at radius 1 is 0.879 bits per heavy atom. The standard InChI is InChI=1S/C27H25N3O3/c1-20-18-25(30(29-20)23-13-6-3-7-14-23)28-26(31)19-33-27(32)24-15-9-8-12-22(24)17-16-21-10-4-2-5-11-21/h2-15,18H,16-17,19H2,1H3,(H,28,31). The average molecular weight is 440 g/mol. The Balaban J connectivity index is 1.38. The van der Waals surface area contributed by atoms with Crippen LogP contribution in [0.2, 0.25) is 0 Å².